The van der Waals surface area contributed by atoms with Gasteiger partial charge < -0.3 is 19.9 Å². The van der Waals surface area contributed by atoms with Crippen molar-refractivity contribution in [3.05, 3.63) is 0 Å². The third-order valence-corrected chi connectivity index (χ3v) is 2.92. The molecule has 0 saturated heterocycles. The molecule has 0 aliphatic rings. The van der Waals surface area contributed by atoms with Crippen LogP contribution in [0.1, 0.15) is 53.9 Å². The lowest BCUT2D eigenvalue weighted by molar-refractivity contribution is -0.148. The first-order valence-corrected chi connectivity index (χ1v) is 7.44. The molecule has 2 N–H and O–H groups in total. The highest BCUT2D eigenvalue weighted by Crippen LogP contribution is 2.12. The Labute approximate surface area is 131 Å². The SMILES string of the molecule is CC[C@H](C)[C@H](NC(=O)OC(C)(C)C)C(=O)OCCCC(=O)O. The third kappa shape index (κ3) is 9.20. The number of rotatable bonds is 8. The Bertz CT molecular complexity index is 388. The Morgan fingerprint density at radius 1 is 1.23 bits per heavy atom. The van der Waals surface area contributed by atoms with Gasteiger partial charge in [0.1, 0.15) is 11.6 Å². The van der Waals surface area contributed by atoms with E-state index in [-0.39, 0.29) is 25.4 Å². The number of nitrogens with one attached hydrogen (secondary N) is 1. The lowest BCUT2D eigenvalue weighted by atomic mass is 9.99. The molecule has 0 aromatic heterocycles. The molecule has 0 aliphatic carbocycles. The van der Waals surface area contributed by atoms with Gasteiger partial charge in [-0.3, -0.25) is 4.79 Å². The first-order chi connectivity index (χ1) is 10.1. The van der Waals surface area contributed by atoms with Gasteiger partial charge in [-0.05, 0) is 33.1 Å². The monoisotopic (exact) mass is 317 g/mol. The van der Waals surface area contributed by atoms with E-state index in [1.807, 2.05) is 13.8 Å². The van der Waals surface area contributed by atoms with Crippen LogP contribution in [-0.4, -0.2) is 41.4 Å². The largest absolute Gasteiger partial charge is 0.481 e. The molecule has 0 spiro atoms. The van der Waals surface area contributed by atoms with Crippen LogP contribution in [0.4, 0.5) is 4.79 Å². The van der Waals surface area contributed by atoms with E-state index in [9.17, 15) is 14.4 Å². The molecule has 0 saturated carbocycles. The predicted molar refractivity (Wildman–Crippen MR) is 80.4 cm³/mol. The van der Waals surface area contributed by atoms with Gasteiger partial charge in [-0.25, -0.2) is 9.59 Å². The van der Waals surface area contributed by atoms with E-state index in [0.717, 1.165) is 0 Å². The average Bonchev–Trinajstić information content (AvgIpc) is 2.37. The quantitative estimate of drug-likeness (QED) is 0.526. The maximum Gasteiger partial charge on any atom is 0.408 e. The number of carboxylic acids is 1. The normalized spacial score (nSPS) is 13.9. The lowest BCUT2D eigenvalue weighted by Gasteiger charge is -2.25. The van der Waals surface area contributed by atoms with Crippen LogP contribution in [0.2, 0.25) is 0 Å². The van der Waals surface area contributed by atoms with E-state index in [0.29, 0.717) is 6.42 Å². The number of hydrogen-bond donors (Lipinski definition) is 2. The van der Waals surface area contributed by atoms with E-state index < -0.39 is 29.7 Å². The van der Waals surface area contributed by atoms with Crippen LogP contribution >= 0.6 is 0 Å². The summed E-state index contributed by atoms with van der Waals surface area (Å²) in [6.07, 6.45) is 0.159. The number of esters is 1. The van der Waals surface area contributed by atoms with E-state index in [4.69, 9.17) is 14.6 Å². The summed E-state index contributed by atoms with van der Waals surface area (Å²) in [7, 11) is 0. The maximum atomic E-state index is 12.0. The van der Waals surface area contributed by atoms with Crippen LogP contribution in [0.5, 0.6) is 0 Å². The van der Waals surface area contributed by atoms with E-state index >= 15 is 0 Å². The van der Waals surface area contributed by atoms with Gasteiger partial charge in [-0.2, -0.15) is 0 Å². The molecule has 0 bridgehead atoms. The molecule has 22 heavy (non-hydrogen) atoms. The molecule has 0 unspecified atom stereocenters. The van der Waals surface area contributed by atoms with Gasteiger partial charge in [-0.15, -0.1) is 0 Å². The highest BCUT2D eigenvalue weighted by molar-refractivity contribution is 5.81. The molecule has 0 rings (SSSR count). The smallest absolute Gasteiger partial charge is 0.408 e. The summed E-state index contributed by atoms with van der Waals surface area (Å²) in [5.74, 6) is -1.65. The van der Waals surface area contributed by atoms with Gasteiger partial charge in [0.2, 0.25) is 0 Å². The standard InChI is InChI=1S/C15H27NO6/c1-6-10(2)12(16-14(20)22-15(3,4)5)13(19)21-9-7-8-11(17)18/h10,12H,6-9H2,1-5H3,(H,16,20)(H,17,18)/t10-,12-/m0/s1. The van der Waals surface area contributed by atoms with Crippen molar-refractivity contribution in [1.82, 2.24) is 5.32 Å². The van der Waals surface area contributed by atoms with Crippen molar-refractivity contribution >= 4 is 18.0 Å². The minimum absolute atomic E-state index is 0.00800. The molecular formula is C15H27NO6. The number of ether oxygens (including phenoxy) is 2. The maximum absolute atomic E-state index is 12.0. The van der Waals surface area contributed by atoms with E-state index in [1.165, 1.54) is 0 Å². The summed E-state index contributed by atoms with van der Waals surface area (Å²) in [6, 6.07) is -0.815. The summed E-state index contributed by atoms with van der Waals surface area (Å²) >= 11 is 0. The third-order valence-electron chi connectivity index (χ3n) is 2.92. The fourth-order valence-electron chi connectivity index (χ4n) is 1.59. The fraction of sp³-hybridized carbons (Fsp3) is 0.800. The first-order valence-electron chi connectivity index (χ1n) is 7.44. The molecule has 0 heterocycles. The predicted octanol–water partition coefficient (Wildman–Crippen LogP) is 2.33. The van der Waals surface area contributed by atoms with Crippen LogP contribution < -0.4 is 5.32 Å². The van der Waals surface area contributed by atoms with Crippen molar-refractivity contribution in [2.45, 2.75) is 65.5 Å². The molecule has 7 nitrogen and oxygen atoms in total. The molecule has 7 heteroatoms. The Balaban J connectivity index is 4.53. The minimum Gasteiger partial charge on any atom is -0.481 e. The zero-order valence-electron chi connectivity index (χ0n) is 14.0. The van der Waals surface area contributed by atoms with E-state index in [2.05, 4.69) is 5.32 Å². The summed E-state index contributed by atoms with van der Waals surface area (Å²) in [5, 5.41) is 11.0. The number of amides is 1. The van der Waals surface area contributed by atoms with Gasteiger partial charge in [0.25, 0.3) is 0 Å². The molecule has 0 aromatic rings. The lowest BCUT2D eigenvalue weighted by Crippen LogP contribution is -2.47. The molecule has 2 atom stereocenters. The van der Waals surface area contributed by atoms with Crippen molar-refractivity contribution in [3.63, 3.8) is 0 Å². The van der Waals surface area contributed by atoms with Gasteiger partial charge in [0.15, 0.2) is 0 Å². The number of alkyl carbamates (subject to hydrolysis) is 1. The summed E-state index contributed by atoms with van der Waals surface area (Å²) in [5.41, 5.74) is -0.657. The van der Waals surface area contributed by atoms with E-state index in [1.54, 1.807) is 20.8 Å². The fourth-order valence-corrected chi connectivity index (χ4v) is 1.59. The topological polar surface area (TPSA) is 102 Å². The van der Waals surface area contributed by atoms with Gasteiger partial charge in [0, 0.05) is 6.42 Å². The van der Waals surface area contributed by atoms with Crippen molar-refractivity contribution in [1.29, 1.82) is 0 Å². The zero-order chi connectivity index (χ0) is 17.3. The Kier molecular flexibility index (Phi) is 8.52. The second kappa shape index (κ2) is 9.27. The Morgan fingerprint density at radius 3 is 2.27 bits per heavy atom. The van der Waals surface area contributed by atoms with Crippen molar-refractivity contribution in [2.75, 3.05) is 6.61 Å². The van der Waals surface area contributed by atoms with Gasteiger partial charge >= 0.3 is 18.0 Å². The molecule has 0 fully saturated rings. The minimum atomic E-state index is -0.943. The van der Waals surface area contributed by atoms with Crippen molar-refractivity contribution in [3.8, 4) is 0 Å². The van der Waals surface area contributed by atoms with Crippen LogP contribution in [-0.2, 0) is 19.1 Å². The Morgan fingerprint density at radius 2 is 1.82 bits per heavy atom. The second-order valence-corrected chi connectivity index (χ2v) is 6.17. The van der Waals surface area contributed by atoms with Gasteiger partial charge in [-0.1, -0.05) is 20.3 Å². The highest BCUT2D eigenvalue weighted by atomic mass is 16.6. The van der Waals surface area contributed by atoms with Crippen molar-refractivity contribution in [2.24, 2.45) is 5.92 Å². The number of aliphatic carboxylic acids is 1. The van der Waals surface area contributed by atoms with Crippen LogP contribution in [0.15, 0.2) is 0 Å². The summed E-state index contributed by atoms with van der Waals surface area (Å²) in [4.78, 5) is 34.2. The molecule has 128 valence electrons. The van der Waals surface area contributed by atoms with Crippen LogP contribution in [0.3, 0.4) is 0 Å². The molecule has 1 amide bonds. The average molecular weight is 317 g/mol. The molecule has 0 radical (unpaired) electrons. The number of carboxylic acid groups (broad SMARTS) is 1. The molecule has 0 aliphatic heterocycles. The zero-order valence-corrected chi connectivity index (χ0v) is 14.0. The van der Waals surface area contributed by atoms with Crippen LogP contribution in [0, 0.1) is 5.92 Å². The summed E-state index contributed by atoms with van der Waals surface area (Å²) in [6.45, 7) is 8.92. The van der Waals surface area contributed by atoms with Crippen LogP contribution in [0.25, 0.3) is 0 Å². The number of hydrogen-bond acceptors (Lipinski definition) is 5. The number of carbonyl (C=O) groups excluding carboxylic acids is 2. The second-order valence-electron chi connectivity index (χ2n) is 6.17. The number of carbonyl (C=O) groups is 3. The summed E-state index contributed by atoms with van der Waals surface area (Å²) < 4.78 is 10.2. The van der Waals surface area contributed by atoms with Gasteiger partial charge in [0.05, 0.1) is 6.61 Å². The first kappa shape index (κ1) is 20.2. The highest BCUT2D eigenvalue weighted by Gasteiger charge is 2.29. The molecular weight excluding hydrogens is 290 g/mol. The Hall–Kier alpha value is -1.79. The van der Waals surface area contributed by atoms with Crippen molar-refractivity contribution < 1.29 is 29.0 Å². The molecule has 0 aromatic carbocycles.